The van der Waals surface area contributed by atoms with E-state index in [0.717, 1.165) is 43.7 Å². The first-order valence-corrected chi connectivity index (χ1v) is 9.41. The third-order valence-electron chi connectivity index (χ3n) is 6.04. The van der Waals surface area contributed by atoms with Gasteiger partial charge < -0.3 is 20.1 Å². The maximum Gasteiger partial charge on any atom is 0.317 e. The second kappa shape index (κ2) is 7.65. The lowest BCUT2D eigenvalue weighted by Crippen LogP contribution is -2.49. The second-order valence-corrected chi connectivity index (χ2v) is 7.54. The number of aliphatic hydroxyl groups excluding tert-OH is 1. The summed E-state index contributed by atoms with van der Waals surface area (Å²) < 4.78 is 5.23. The first kappa shape index (κ1) is 18.1. The van der Waals surface area contributed by atoms with Gasteiger partial charge >= 0.3 is 6.03 Å². The van der Waals surface area contributed by atoms with E-state index in [2.05, 4.69) is 12.2 Å². The van der Waals surface area contributed by atoms with Gasteiger partial charge in [-0.3, -0.25) is 0 Å². The zero-order valence-electron chi connectivity index (χ0n) is 15.3. The number of aliphatic hydroxyl groups is 1. The fourth-order valence-electron chi connectivity index (χ4n) is 3.75. The van der Waals surface area contributed by atoms with Crippen molar-refractivity contribution in [3.8, 4) is 5.75 Å². The monoisotopic (exact) mass is 346 g/mol. The molecule has 1 heterocycles. The van der Waals surface area contributed by atoms with Gasteiger partial charge in [-0.05, 0) is 61.1 Å². The van der Waals surface area contributed by atoms with Crippen LogP contribution in [0.5, 0.6) is 5.75 Å². The van der Waals surface area contributed by atoms with Gasteiger partial charge in [0.15, 0.2) is 0 Å². The minimum Gasteiger partial charge on any atom is -0.497 e. The molecule has 25 heavy (non-hydrogen) atoms. The third-order valence-corrected chi connectivity index (χ3v) is 6.04. The van der Waals surface area contributed by atoms with E-state index >= 15 is 0 Å². The van der Waals surface area contributed by atoms with Crippen molar-refractivity contribution >= 4 is 6.03 Å². The van der Waals surface area contributed by atoms with Crippen LogP contribution < -0.4 is 10.1 Å². The van der Waals surface area contributed by atoms with Crippen molar-refractivity contribution in [2.45, 2.75) is 45.1 Å². The zero-order valence-corrected chi connectivity index (χ0v) is 15.3. The number of benzene rings is 1. The van der Waals surface area contributed by atoms with Crippen LogP contribution in [0.1, 0.15) is 50.6 Å². The number of carbonyl (C=O) groups is 1. The van der Waals surface area contributed by atoms with Crippen LogP contribution in [-0.2, 0) is 0 Å². The molecule has 2 amide bonds. The Morgan fingerprint density at radius 3 is 2.44 bits per heavy atom. The third kappa shape index (κ3) is 4.09. The summed E-state index contributed by atoms with van der Waals surface area (Å²) in [5.41, 5.74) is 1.15. The van der Waals surface area contributed by atoms with E-state index < -0.39 is 0 Å². The number of rotatable bonds is 6. The lowest BCUT2D eigenvalue weighted by molar-refractivity contribution is 0.0513. The van der Waals surface area contributed by atoms with E-state index in [1.165, 1.54) is 12.8 Å². The van der Waals surface area contributed by atoms with E-state index in [1.54, 1.807) is 7.11 Å². The fraction of sp³-hybridized carbons (Fsp3) is 0.650. The number of nitrogens with zero attached hydrogens (tertiary/aromatic N) is 1. The molecule has 3 rings (SSSR count). The quantitative estimate of drug-likeness (QED) is 0.830. The van der Waals surface area contributed by atoms with Gasteiger partial charge in [0, 0.05) is 19.7 Å². The van der Waals surface area contributed by atoms with Crippen molar-refractivity contribution in [2.24, 2.45) is 11.3 Å². The largest absolute Gasteiger partial charge is 0.497 e. The summed E-state index contributed by atoms with van der Waals surface area (Å²) in [4.78, 5) is 14.7. The summed E-state index contributed by atoms with van der Waals surface area (Å²) in [6, 6.07) is 8.10. The van der Waals surface area contributed by atoms with Crippen molar-refractivity contribution in [3.05, 3.63) is 29.8 Å². The minimum atomic E-state index is 0.00264. The number of amides is 2. The van der Waals surface area contributed by atoms with Crippen LogP contribution in [0, 0.1) is 11.3 Å². The number of hydrogen-bond donors (Lipinski definition) is 2. The predicted molar refractivity (Wildman–Crippen MR) is 97.6 cm³/mol. The Kier molecular flexibility index (Phi) is 5.52. The summed E-state index contributed by atoms with van der Waals surface area (Å²) in [6.07, 6.45) is 5.06. The number of carbonyl (C=O) groups excluding carboxylic acids is 1. The van der Waals surface area contributed by atoms with E-state index in [0.29, 0.717) is 5.92 Å². The van der Waals surface area contributed by atoms with Crippen LogP contribution in [0.25, 0.3) is 0 Å². The van der Waals surface area contributed by atoms with Gasteiger partial charge in [-0.25, -0.2) is 4.79 Å². The number of hydrogen-bond acceptors (Lipinski definition) is 3. The summed E-state index contributed by atoms with van der Waals surface area (Å²) in [5.74, 6) is 1.37. The molecular weight excluding hydrogens is 316 g/mol. The van der Waals surface area contributed by atoms with Gasteiger partial charge in [0.1, 0.15) is 5.75 Å². The van der Waals surface area contributed by atoms with Gasteiger partial charge in [-0.15, -0.1) is 0 Å². The van der Waals surface area contributed by atoms with E-state index in [4.69, 9.17) is 4.74 Å². The van der Waals surface area contributed by atoms with Crippen molar-refractivity contribution in [1.82, 2.24) is 10.2 Å². The second-order valence-electron chi connectivity index (χ2n) is 7.54. The molecule has 1 aliphatic carbocycles. The first-order valence-electron chi connectivity index (χ1n) is 9.41. The smallest absolute Gasteiger partial charge is 0.317 e. The topological polar surface area (TPSA) is 61.8 Å². The lowest BCUT2D eigenvalue weighted by Gasteiger charge is -2.40. The summed E-state index contributed by atoms with van der Waals surface area (Å²) in [7, 11) is 1.66. The lowest BCUT2D eigenvalue weighted by atomic mass is 9.77. The molecule has 0 bridgehead atoms. The molecule has 1 aliphatic heterocycles. The van der Waals surface area contributed by atoms with Crippen LogP contribution in [0.2, 0.25) is 0 Å². The van der Waals surface area contributed by atoms with Gasteiger partial charge in [0.05, 0.1) is 13.2 Å². The molecule has 5 nitrogen and oxygen atoms in total. The Morgan fingerprint density at radius 2 is 1.96 bits per heavy atom. The minimum absolute atomic E-state index is 0.00264. The SMILES string of the molecule is CCC1(CO)CCN(C(=O)NC(c2ccc(OC)cc2)C2CC2)CC1. The average Bonchev–Trinajstić information content (AvgIpc) is 3.51. The van der Waals surface area contributed by atoms with Gasteiger partial charge in [-0.1, -0.05) is 19.1 Å². The molecule has 2 fully saturated rings. The average molecular weight is 346 g/mol. The maximum absolute atomic E-state index is 12.8. The van der Waals surface area contributed by atoms with Crippen LogP contribution in [-0.4, -0.2) is 42.8 Å². The van der Waals surface area contributed by atoms with Crippen molar-refractivity contribution in [2.75, 3.05) is 26.8 Å². The molecule has 0 radical (unpaired) electrons. The summed E-state index contributed by atoms with van der Waals surface area (Å²) in [5, 5.41) is 12.9. The number of piperidine rings is 1. The van der Waals surface area contributed by atoms with Crippen LogP contribution >= 0.6 is 0 Å². The van der Waals surface area contributed by atoms with Crippen LogP contribution in [0.3, 0.4) is 0 Å². The Bertz CT molecular complexity index is 569. The normalized spacial score (nSPS) is 20.8. The fourth-order valence-corrected chi connectivity index (χ4v) is 3.75. The highest BCUT2D eigenvalue weighted by molar-refractivity contribution is 5.75. The van der Waals surface area contributed by atoms with E-state index in [9.17, 15) is 9.90 Å². The molecule has 2 N–H and O–H groups in total. The molecular formula is C20H30N2O3. The molecule has 1 saturated carbocycles. The molecule has 1 aromatic rings. The predicted octanol–water partition coefficient (Wildman–Crippen LogP) is 3.34. The number of methoxy groups -OCH3 is 1. The molecule has 2 aliphatic rings. The number of urea groups is 1. The Morgan fingerprint density at radius 1 is 1.32 bits per heavy atom. The van der Waals surface area contributed by atoms with Crippen molar-refractivity contribution in [3.63, 3.8) is 0 Å². The number of ether oxygens (including phenoxy) is 1. The molecule has 1 aromatic carbocycles. The van der Waals surface area contributed by atoms with Gasteiger partial charge in [0.2, 0.25) is 0 Å². The van der Waals surface area contributed by atoms with Crippen LogP contribution in [0.15, 0.2) is 24.3 Å². The zero-order chi connectivity index (χ0) is 17.9. The molecule has 1 unspecified atom stereocenters. The molecule has 138 valence electrons. The van der Waals surface area contributed by atoms with E-state index in [1.807, 2.05) is 29.2 Å². The first-order chi connectivity index (χ1) is 12.1. The molecule has 0 aromatic heterocycles. The maximum atomic E-state index is 12.8. The summed E-state index contributed by atoms with van der Waals surface area (Å²) >= 11 is 0. The molecule has 1 saturated heterocycles. The Balaban J connectivity index is 1.62. The summed E-state index contributed by atoms with van der Waals surface area (Å²) in [6.45, 7) is 3.79. The van der Waals surface area contributed by atoms with Crippen LogP contribution in [0.4, 0.5) is 4.79 Å². The van der Waals surface area contributed by atoms with Crippen molar-refractivity contribution < 1.29 is 14.6 Å². The standard InChI is InChI=1S/C20H30N2O3/c1-3-20(14-23)10-12-22(13-11-20)19(24)21-18(15-4-5-15)16-6-8-17(25-2)9-7-16/h6-9,15,18,23H,3-5,10-14H2,1-2H3,(H,21,24). The molecule has 1 atom stereocenters. The highest BCUT2D eigenvalue weighted by Crippen LogP contribution is 2.41. The van der Waals surface area contributed by atoms with E-state index in [-0.39, 0.29) is 24.1 Å². The number of likely N-dealkylation sites (tertiary alicyclic amines) is 1. The molecule has 5 heteroatoms. The van der Waals surface area contributed by atoms with Gasteiger partial charge in [0.25, 0.3) is 0 Å². The van der Waals surface area contributed by atoms with Crippen molar-refractivity contribution in [1.29, 1.82) is 0 Å². The highest BCUT2D eigenvalue weighted by Gasteiger charge is 2.37. The Hall–Kier alpha value is -1.75. The molecule has 0 spiro atoms. The van der Waals surface area contributed by atoms with Gasteiger partial charge in [-0.2, -0.15) is 0 Å². The highest BCUT2D eigenvalue weighted by atomic mass is 16.5. The Labute approximate surface area is 150 Å². The number of nitrogens with one attached hydrogen (secondary N) is 1.